The number of nitrogens with one attached hydrogen (secondary N) is 1. The van der Waals surface area contributed by atoms with Crippen molar-refractivity contribution >= 4 is 0 Å². The lowest BCUT2D eigenvalue weighted by Gasteiger charge is -2.29. The fourth-order valence-electron chi connectivity index (χ4n) is 2.32. The van der Waals surface area contributed by atoms with Crippen molar-refractivity contribution in [2.24, 2.45) is 0 Å². The number of nitriles is 1. The topological polar surface area (TPSA) is 42.3 Å². The van der Waals surface area contributed by atoms with Gasteiger partial charge in [-0.25, -0.2) is 0 Å². The zero-order valence-corrected chi connectivity index (χ0v) is 11.6. The highest BCUT2D eigenvalue weighted by molar-refractivity contribution is 5.31. The van der Waals surface area contributed by atoms with Gasteiger partial charge in [-0.1, -0.05) is 12.1 Å². The summed E-state index contributed by atoms with van der Waals surface area (Å²) < 4.78 is 0. The molecular formula is C15H22N4. The van der Waals surface area contributed by atoms with Gasteiger partial charge in [0.1, 0.15) is 0 Å². The van der Waals surface area contributed by atoms with Crippen LogP contribution in [0.25, 0.3) is 0 Å². The Hall–Kier alpha value is -1.41. The van der Waals surface area contributed by atoms with Gasteiger partial charge in [0.25, 0.3) is 0 Å². The van der Waals surface area contributed by atoms with Gasteiger partial charge in [0.2, 0.25) is 0 Å². The van der Waals surface area contributed by atoms with Gasteiger partial charge in [0, 0.05) is 45.8 Å². The maximum absolute atomic E-state index is 8.77. The Bertz CT molecular complexity index is 415. The third-order valence-corrected chi connectivity index (χ3v) is 3.54. The molecule has 0 saturated carbocycles. The van der Waals surface area contributed by atoms with Gasteiger partial charge in [0.15, 0.2) is 0 Å². The fraction of sp³-hybridized carbons (Fsp3) is 0.533. The minimum atomic E-state index is 0.729. The minimum absolute atomic E-state index is 0.729. The van der Waals surface area contributed by atoms with E-state index in [0.29, 0.717) is 0 Å². The molecule has 1 aromatic carbocycles. The van der Waals surface area contributed by atoms with E-state index in [9.17, 15) is 0 Å². The first-order valence-electron chi connectivity index (χ1n) is 6.88. The Morgan fingerprint density at radius 3 is 2.58 bits per heavy atom. The van der Waals surface area contributed by atoms with Crippen molar-refractivity contribution in [1.82, 2.24) is 15.1 Å². The van der Waals surface area contributed by atoms with Crippen LogP contribution < -0.4 is 5.32 Å². The quantitative estimate of drug-likeness (QED) is 0.852. The number of hydrogen-bond acceptors (Lipinski definition) is 4. The molecule has 1 aliphatic rings. The molecule has 4 nitrogen and oxygen atoms in total. The van der Waals surface area contributed by atoms with Crippen LogP contribution in [0, 0.1) is 11.3 Å². The number of nitrogens with zero attached hydrogens (tertiary/aromatic N) is 3. The molecule has 1 heterocycles. The standard InChI is InChI=1S/C15H22N4/c1-18(10-11-19-8-6-17-7-9-19)13-15-4-2-14(12-16)3-5-15/h2-5,17H,6-11,13H2,1H3. The second-order valence-electron chi connectivity index (χ2n) is 5.14. The smallest absolute Gasteiger partial charge is 0.0991 e. The summed E-state index contributed by atoms with van der Waals surface area (Å²) in [5.74, 6) is 0. The Balaban J connectivity index is 1.73. The number of hydrogen-bond donors (Lipinski definition) is 1. The lowest BCUT2D eigenvalue weighted by molar-refractivity contribution is 0.202. The maximum atomic E-state index is 8.77. The zero-order valence-electron chi connectivity index (χ0n) is 11.6. The molecule has 0 radical (unpaired) electrons. The average molecular weight is 258 g/mol. The Morgan fingerprint density at radius 1 is 1.26 bits per heavy atom. The number of likely N-dealkylation sites (N-methyl/N-ethyl adjacent to an activating group) is 1. The van der Waals surface area contributed by atoms with Gasteiger partial charge in [-0.3, -0.25) is 4.90 Å². The van der Waals surface area contributed by atoms with E-state index < -0.39 is 0 Å². The summed E-state index contributed by atoms with van der Waals surface area (Å²) in [7, 11) is 2.15. The van der Waals surface area contributed by atoms with Crippen LogP contribution in [0.15, 0.2) is 24.3 Å². The lowest BCUT2D eigenvalue weighted by atomic mass is 10.1. The molecule has 0 spiro atoms. The normalized spacial score (nSPS) is 16.5. The number of piperazine rings is 1. The molecule has 0 aliphatic carbocycles. The summed E-state index contributed by atoms with van der Waals surface area (Å²) in [6.45, 7) is 7.69. The molecule has 1 N–H and O–H groups in total. The van der Waals surface area contributed by atoms with Gasteiger partial charge in [-0.15, -0.1) is 0 Å². The van der Waals surface area contributed by atoms with Crippen LogP contribution >= 0.6 is 0 Å². The molecule has 0 aromatic heterocycles. The van der Waals surface area contributed by atoms with E-state index in [0.717, 1.165) is 51.4 Å². The van der Waals surface area contributed by atoms with E-state index in [1.807, 2.05) is 24.3 Å². The molecule has 2 rings (SSSR count). The average Bonchev–Trinajstić information content (AvgIpc) is 2.47. The van der Waals surface area contributed by atoms with Crippen LogP contribution in [-0.2, 0) is 6.54 Å². The van der Waals surface area contributed by atoms with Gasteiger partial charge in [0.05, 0.1) is 11.6 Å². The van der Waals surface area contributed by atoms with Crippen LogP contribution in [0.5, 0.6) is 0 Å². The van der Waals surface area contributed by atoms with Crippen LogP contribution in [0.4, 0.5) is 0 Å². The third-order valence-electron chi connectivity index (χ3n) is 3.54. The second kappa shape index (κ2) is 7.25. The second-order valence-corrected chi connectivity index (χ2v) is 5.14. The van der Waals surface area contributed by atoms with Gasteiger partial charge in [-0.2, -0.15) is 5.26 Å². The highest BCUT2D eigenvalue weighted by Crippen LogP contribution is 2.06. The predicted octanol–water partition coefficient (Wildman–Crippen LogP) is 0.895. The summed E-state index contributed by atoms with van der Waals surface area (Å²) >= 11 is 0. The SMILES string of the molecule is CN(CCN1CCNCC1)Cc1ccc(C#N)cc1. The van der Waals surface area contributed by atoms with Crippen molar-refractivity contribution in [3.05, 3.63) is 35.4 Å². The van der Waals surface area contributed by atoms with Crippen molar-refractivity contribution in [3.63, 3.8) is 0 Å². The molecule has 1 saturated heterocycles. The van der Waals surface area contributed by atoms with Crippen molar-refractivity contribution in [2.75, 3.05) is 46.3 Å². The van der Waals surface area contributed by atoms with Gasteiger partial charge in [-0.05, 0) is 24.7 Å². The highest BCUT2D eigenvalue weighted by atomic mass is 15.2. The van der Waals surface area contributed by atoms with Gasteiger partial charge >= 0.3 is 0 Å². The summed E-state index contributed by atoms with van der Waals surface area (Å²) in [5, 5.41) is 12.1. The molecule has 1 aromatic rings. The molecule has 0 bridgehead atoms. The van der Waals surface area contributed by atoms with Crippen molar-refractivity contribution in [1.29, 1.82) is 5.26 Å². The van der Waals surface area contributed by atoms with Crippen LogP contribution in [-0.4, -0.2) is 56.1 Å². The van der Waals surface area contributed by atoms with E-state index in [1.165, 1.54) is 5.56 Å². The van der Waals surface area contributed by atoms with E-state index in [4.69, 9.17) is 5.26 Å². The molecule has 0 unspecified atom stereocenters. The number of rotatable bonds is 5. The first-order valence-corrected chi connectivity index (χ1v) is 6.88. The number of benzene rings is 1. The van der Waals surface area contributed by atoms with Crippen LogP contribution in [0.1, 0.15) is 11.1 Å². The molecule has 1 aliphatic heterocycles. The third kappa shape index (κ3) is 4.64. The van der Waals surface area contributed by atoms with E-state index in [-0.39, 0.29) is 0 Å². The highest BCUT2D eigenvalue weighted by Gasteiger charge is 2.10. The molecule has 4 heteroatoms. The predicted molar refractivity (Wildman–Crippen MR) is 76.8 cm³/mol. The van der Waals surface area contributed by atoms with Crippen molar-refractivity contribution < 1.29 is 0 Å². The Morgan fingerprint density at radius 2 is 1.95 bits per heavy atom. The van der Waals surface area contributed by atoms with Crippen molar-refractivity contribution in [2.45, 2.75) is 6.54 Å². The summed E-state index contributed by atoms with van der Waals surface area (Å²) in [6.07, 6.45) is 0. The molecular weight excluding hydrogens is 236 g/mol. The fourth-order valence-corrected chi connectivity index (χ4v) is 2.32. The van der Waals surface area contributed by atoms with Crippen LogP contribution in [0.3, 0.4) is 0 Å². The van der Waals surface area contributed by atoms with E-state index >= 15 is 0 Å². The van der Waals surface area contributed by atoms with Gasteiger partial charge < -0.3 is 10.2 Å². The van der Waals surface area contributed by atoms with E-state index in [1.54, 1.807) is 0 Å². The summed E-state index contributed by atoms with van der Waals surface area (Å²) in [5.41, 5.74) is 1.99. The van der Waals surface area contributed by atoms with Crippen molar-refractivity contribution in [3.8, 4) is 6.07 Å². The molecule has 19 heavy (non-hydrogen) atoms. The first-order chi connectivity index (χ1) is 9.28. The minimum Gasteiger partial charge on any atom is -0.314 e. The molecule has 0 atom stereocenters. The Kier molecular flexibility index (Phi) is 5.34. The largest absolute Gasteiger partial charge is 0.314 e. The Labute approximate surface area is 115 Å². The maximum Gasteiger partial charge on any atom is 0.0991 e. The molecule has 0 amide bonds. The van der Waals surface area contributed by atoms with Crippen LogP contribution in [0.2, 0.25) is 0 Å². The summed E-state index contributed by atoms with van der Waals surface area (Å²) in [6, 6.07) is 10.0. The summed E-state index contributed by atoms with van der Waals surface area (Å²) in [4.78, 5) is 4.84. The zero-order chi connectivity index (χ0) is 13.5. The first kappa shape index (κ1) is 14.0. The lowest BCUT2D eigenvalue weighted by Crippen LogP contribution is -2.45. The molecule has 102 valence electrons. The monoisotopic (exact) mass is 258 g/mol. The molecule has 1 fully saturated rings. The van der Waals surface area contributed by atoms with E-state index in [2.05, 4.69) is 28.2 Å².